The van der Waals surface area contributed by atoms with Crippen LogP contribution in [-0.2, 0) is 9.59 Å². The molecule has 0 aliphatic heterocycles. The van der Waals surface area contributed by atoms with Crippen molar-refractivity contribution < 1.29 is 14.0 Å². The van der Waals surface area contributed by atoms with Crippen LogP contribution in [0.5, 0.6) is 0 Å². The summed E-state index contributed by atoms with van der Waals surface area (Å²) in [7, 11) is 0. The van der Waals surface area contributed by atoms with Crippen LogP contribution in [0.2, 0.25) is 0 Å². The van der Waals surface area contributed by atoms with Crippen LogP contribution in [0.1, 0.15) is 19.8 Å². The van der Waals surface area contributed by atoms with Gasteiger partial charge in [-0.2, -0.15) is 0 Å². The second-order valence-electron chi connectivity index (χ2n) is 5.03. The molecule has 1 aromatic carbocycles. The minimum absolute atomic E-state index is 0.000985. The molecule has 2 N–H and O–H groups in total. The van der Waals surface area contributed by atoms with Gasteiger partial charge in [0.2, 0.25) is 11.8 Å². The summed E-state index contributed by atoms with van der Waals surface area (Å²) in [5.74, 6) is -0.275. The summed E-state index contributed by atoms with van der Waals surface area (Å²) in [6.07, 6.45) is 1.04. The van der Waals surface area contributed by atoms with E-state index in [1.807, 2.05) is 6.92 Å². The minimum atomic E-state index is -0.489. The number of benzene rings is 1. The fourth-order valence-electron chi connectivity index (χ4n) is 1.92. The lowest BCUT2D eigenvalue weighted by Crippen LogP contribution is -2.29. The van der Waals surface area contributed by atoms with Crippen molar-refractivity contribution in [1.82, 2.24) is 5.32 Å². The summed E-state index contributed by atoms with van der Waals surface area (Å²) < 4.78 is 14.1. The predicted octanol–water partition coefficient (Wildman–Crippen LogP) is 2.69. The quantitative estimate of drug-likeness (QED) is 0.864. The summed E-state index contributed by atoms with van der Waals surface area (Å²) in [5.41, 5.74) is 0.131. The summed E-state index contributed by atoms with van der Waals surface area (Å²) in [6, 6.07) is 4.33. The van der Waals surface area contributed by atoms with Crippen LogP contribution < -0.4 is 10.6 Å². The Morgan fingerprint density at radius 2 is 2.15 bits per heavy atom. The van der Waals surface area contributed by atoms with Gasteiger partial charge in [-0.1, -0.05) is 22.9 Å². The summed E-state index contributed by atoms with van der Waals surface area (Å²) in [4.78, 5) is 23.2. The van der Waals surface area contributed by atoms with Crippen molar-refractivity contribution in [3.8, 4) is 0 Å². The molecule has 0 heterocycles. The highest BCUT2D eigenvalue weighted by Gasteiger charge is 2.38. The molecule has 1 aromatic rings. The zero-order valence-corrected chi connectivity index (χ0v) is 12.7. The highest BCUT2D eigenvalue weighted by Crippen LogP contribution is 2.37. The van der Waals surface area contributed by atoms with Crippen molar-refractivity contribution in [2.24, 2.45) is 11.8 Å². The Hall–Kier alpha value is -1.43. The Labute approximate surface area is 125 Å². The molecule has 0 bridgehead atoms. The third-order valence-electron chi connectivity index (χ3n) is 3.30. The van der Waals surface area contributed by atoms with E-state index in [0.717, 1.165) is 6.42 Å². The predicted molar refractivity (Wildman–Crippen MR) is 77.6 cm³/mol. The zero-order valence-electron chi connectivity index (χ0n) is 11.1. The first-order valence-corrected chi connectivity index (χ1v) is 7.29. The van der Waals surface area contributed by atoms with Crippen molar-refractivity contribution in [1.29, 1.82) is 0 Å². The number of carbonyl (C=O) groups is 2. The molecular formula is C14H16BrFN2O2. The van der Waals surface area contributed by atoms with Gasteiger partial charge in [-0.3, -0.25) is 9.59 Å². The van der Waals surface area contributed by atoms with Gasteiger partial charge in [0.1, 0.15) is 5.82 Å². The van der Waals surface area contributed by atoms with Gasteiger partial charge in [0.05, 0.1) is 5.69 Å². The molecule has 0 unspecified atom stereocenters. The number of hydrogen-bond donors (Lipinski definition) is 2. The van der Waals surface area contributed by atoms with Crippen LogP contribution in [0.4, 0.5) is 10.1 Å². The Balaban J connectivity index is 1.75. The first-order chi connectivity index (χ1) is 9.47. The van der Waals surface area contributed by atoms with Gasteiger partial charge in [-0.25, -0.2) is 4.39 Å². The molecule has 1 aliphatic rings. The largest absolute Gasteiger partial charge is 0.355 e. The highest BCUT2D eigenvalue weighted by atomic mass is 79.9. The van der Waals surface area contributed by atoms with Gasteiger partial charge in [-0.05, 0) is 30.5 Å². The molecule has 1 aliphatic carbocycles. The Kier molecular flexibility index (Phi) is 4.75. The first-order valence-electron chi connectivity index (χ1n) is 6.50. The standard InChI is InChI=1S/C14H16BrFN2O2/c1-8-6-10(8)14(20)17-5-4-13(19)18-12-7-9(15)2-3-11(12)16/h2-3,7-8,10H,4-6H2,1H3,(H,17,20)(H,18,19)/t8-,10-/m0/s1. The Bertz CT molecular complexity index is 536. The lowest BCUT2D eigenvalue weighted by molar-refractivity contribution is -0.122. The molecule has 4 nitrogen and oxygen atoms in total. The summed E-state index contributed by atoms with van der Waals surface area (Å²) >= 11 is 3.21. The molecule has 0 aromatic heterocycles. The van der Waals surface area contributed by atoms with Crippen LogP contribution in [0, 0.1) is 17.7 Å². The van der Waals surface area contributed by atoms with E-state index in [2.05, 4.69) is 26.6 Å². The fraction of sp³-hybridized carbons (Fsp3) is 0.429. The molecule has 0 radical (unpaired) electrons. The zero-order chi connectivity index (χ0) is 14.7. The molecule has 2 atom stereocenters. The minimum Gasteiger partial charge on any atom is -0.355 e. The third kappa shape index (κ3) is 4.03. The molecule has 108 valence electrons. The third-order valence-corrected chi connectivity index (χ3v) is 3.79. The number of anilines is 1. The number of rotatable bonds is 5. The molecule has 1 fully saturated rings. The maximum absolute atomic E-state index is 13.4. The van der Waals surface area contributed by atoms with Crippen molar-refractivity contribution in [2.45, 2.75) is 19.8 Å². The first kappa shape index (κ1) is 15.0. The van der Waals surface area contributed by atoms with Gasteiger partial charge in [0.15, 0.2) is 0 Å². The van der Waals surface area contributed by atoms with E-state index in [1.165, 1.54) is 12.1 Å². The molecule has 0 spiro atoms. The molecule has 1 saturated carbocycles. The lowest BCUT2D eigenvalue weighted by atomic mass is 10.3. The van der Waals surface area contributed by atoms with Crippen molar-refractivity contribution in [2.75, 3.05) is 11.9 Å². The van der Waals surface area contributed by atoms with Gasteiger partial charge in [-0.15, -0.1) is 0 Å². The maximum atomic E-state index is 13.4. The van der Waals surface area contributed by atoms with Crippen LogP contribution in [0.15, 0.2) is 22.7 Å². The van der Waals surface area contributed by atoms with Crippen LogP contribution >= 0.6 is 15.9 Å². The molecule has 0 saturated heterocycles. The van der Waals surface area contributed by atoms with Gasteiger partial charge >= 0.3 is 0 Å². The van der Waals surface area contributed by atoms with Gasteiger partial charge in [0, 0.05) is 23.4 Å². The van der Waals surface area contributed by atoms with Gasteiger partial charge in [0.25, 0.3) is 0 Å². The highest BCUT2D eigenvalue weighted by molar-refractivity contribution is 9.10. The van der Waals surface area contributed by atoms with Crippen LogP contribution in [-0.4, -0.2) is 18.4 Å². The topological polar surface area (TPSA) is 58.2 Å². The van der Waals surface area contributed by atoms with Crippen LogP contribution in [0.25, 0.3) is 0 Å². The van der Waals surface area contributed by atoms with Crippen molar-refractivity contribution in [3.63, 3.8) is 0 Å². The van der Waals surface area contributed by atoms with E-state index in [0.29, 0.717) is 10.4 Å². The number of halogens is 2. The fourth-order valence-corrected chi connectivity index (χ4v) is 2.28. The van der Waals surface area contributed by atoms with E-state index in [-0.39, 0.29) is 36.4 Å². The van der Waals surface area contributed by atoms with Crippen molar-refractivity contribution >= 4 is 33.4 Å². The molecular weight excluding hydrogens is 327 g/mol. The average molecular weight is 343 g/mol. The van der Waals surface area contributed by atoms with Crippen LogP contribution in [0.3, 0.4) is 0 Å². The maximum Gasteiger partial charge on any atom is 0.226 e. The van der Waals surface area contributed by atoms with Crippen molar-refractivity contribution in [3.05, 3.63) is 28.5 Å². The smallest absolute Gasteiger partial charge is 0.226 e. The van der Waals surface area contributed by atoms with E-state index < -0.39 is 5.82 Å². The van der Waals surface area contributed by atoms with Gasteiger partial charge < -0.3 is 10.6 Å². The Morgan fingerprint density at radius 1 is 1.45 bits per heavy atom. The van der Waals surface area contributed by atoms with E-state index in [4.69, 9.17) is 0 Å². The molecule has 2 rings (SSSR count). The second-order valence-corrected chi connectivity index (χ2v) is 5.95. The monoisotopic (exact) mass is 342 g/mol. The molecule has 6 heteroatoms. The number of amides is 2. The number of hydrogen-bond acceptors (Lipinski definition) is 2. The van der Waals surface area contributed by atoms with E-state index in [9.17, 15) is 14.0 Å². The number of carbonyl (C=O) groups excluding carboxylic acids is 2. The number of nitrogens with one attached hydrogen (secondary N) is 2. The van der Waals surface area contributed by atoms with E-state index in [1.54, 1.807) is 6.07 Å². The molecule has 2 amide bonds. The van der Waals surface area contributed by atoms with E-state index >= 15 is 0 Å². The Morgan fingerprint density at radius 3 is 2.80 bits per heavy atom. The average Bonchev–Trinajstić information content (AvgIpc) is 3.11. The lowest BCUT2D eigenvalue weighted by Gasteiger charge is -2.08. The normalized spacial score (nSPS) is 20.4. The molecule has 20 heavy (non-hydrogen) atoms. The SMILES string of the molecule is C[C@H]1C[C@@H]1C(=O)NCCC(=O)Nc1cc(Br)ccc1F. The summed E-state index contributed by atoms with van der Waals surface area (Å²) in [5, 5.41) is 5.20. The second kappa shape index (κ2) is 6.35. The summed E-state index contributed by atoms with van der Waals surface area (Å²) in [6.45, 7) is 2.29.